The summed E-state index contributed by atoms with van der Waals surface area (Å²) in [6.45, 7) is 0.666. The number of carbonyl (C=O) groups is 1. The number of hydrogen-bond acceptors (Lipinski definition) is 2. The highest BCUT2D eigenvalue weighted by Crippen LogP contribution is 2.19. The second kappa shape index (κ2) is 7.98. The molecule has 2 nitrogen and oxygen atoms in total. The van der Waals surface area contributed by atoms with Crippen LogP contribution in [-0.2, 0) is 11.2 Å². The lowest BCUT2D eigenvalue weighted by Gasteiger charge is -2.05. The summed E-state index contributed by atoms with van der Waals surface area (Å²) in [6, 6.07) is 17.5. The summed E-state index contributed by atoms with van der Waals surface area (Å²) in [5.74, 6) is 0.912. The molecule has 2 aromatic carbocycles. The standard InChI is InChI=1S/C16H16ClNOS/c17-14-6-8-15(9-7-14)20-11-10-18-16(19)12-13-4-2-1-3-5-13/h1-9H,10-12H2,(H,18,19). The second-order valence-electron chi connectivity index (χ2n) is 4.31. The van der Waals surface area contributed by atoms with Crippen molar-refractivity contribution in [2.24, 2.45) is 0 Å². The number of nitrogens with one attached hydrogen (secondary N) is 1. The van der Waals surface area contributed by atoms with Gasteiger partial charge in [-0.05, 0) is 29.8 Å². The van der Waals surface area contributed by atoms with E-state index in [1.807, 2.05) is 54.6 Å². The summed E-state index contributed by atoms with van der Waals surface area (Å²) in [4.78, 5) is 12.9. The van der Waals surface area contributed by atoms with Crippen LogP contribution in [0.25, 0.3) is 0 Å². The molecule has 0 saturated heterocycles. The van der Waals surface area contributed by atoms with E-state index in [9.17, 15) is 4.79 Å². The first kappa shape index (κ1) is 14.9. The Balaban J connectivity index is 1.66. The van der Waals surface area contributed by atoms with Crippen molar-refractivity contribution in [3.63, 3.8) is 0 Å². The van der Waals surface area contributed by atoms with Crippen molar-refractivity contribution in [2.45, 2.75) is 11.3 Å². The molecule has 1 amide bonds. The van der Waals surface area contributed by atoms with Gasteiger partial charge in [-0.15, -0.1) is 11.8 Å². The van der Waals surface area contributed by atoms with Crippen LogP contribution >= 0.6 is 23.4 Å². The summed E-state index contributed by atoms with van der Waals surface area (Å²) in [5, 5.41) is 3.67. The molecule has 0 radical (unpaired) electrons. The van der Waals surface area contributed by atoms with Gasteiger partial charge in [0, 0.05) is 22.2 Å². The number of rotatable bonds is 6. The van der Waals surface area contributed by atoms with Crippen LogP contribution in [-0.4, -0.2) is 18.2 Å². The van der Waals surface area contributed by atoms with Gasteiger partial charge in [0.15, 0.2) is 0 Å². The fourth-order valence-electron chi connectivity index (χ4n) is 1.73. The van der Waals surface area contributed by atoms with E-state index < -0.39 is 0 Å². The summed E-state index contributed by atoms with van der Waals surface area (Å²) < 4.78 is 0. The SMILES string of the molecule is O=C(Cc1ccccc1)NCCSc1ccc(Cl)cc1. The number of benzene rings is 2. The fraction of sp³-hybridized carbons (Fsp3) is 0.188. The minimum absolute atomic E-state index is 0.0629. The number of thioether (sulfide) groups is 1. The second-order valence-corrected chi connectivity index (χ2v) is 5.92. The van der Waals surface area contributed by atoms with Crippen molar-refractivity contribution in [1.29, 1.82) is 0 Å². The molecule has 0 aromatic heterocycles. The van der Waals surface area contributed by atoms with Gasteiger partial charge in [-0.2, -0.15) is 0 Å². The molecule has 0 bridgehead atoms. The molecule has 1 N–H and O–H groups in total. The van der Waals surface area contributed by atoms with Gasteiger partial charge in [-0.3, -0.25) is 4.79 Å². The number of carbonyl (C=O) groups excluding carboxylic acids is 1. The van der Waals surface area contributed by atoms with Crippen molar-refractivity contribution >= 4 is 29.3 Å². The van der Waals surface area contributed by atoms with Crippen LogP contribution in [0.15, 0.2) is 59.5 Å². The van der Waals surface area contributed by atoms with E-state index in [1.54, 1.807) is 11.8 Å². The van der Waals surface area contributed by atoms with Gasteiger partial charge in [0.25, 0.3) is 0 Å². The molecular weight excluding hydrogens is 290 g/mol. The highest BCUT2D eigenvalue weighted by molar-refractivity contribution is 7.99. The van der Waals surface area contributed by atoms with E-state index in [4.69, 9.17) is 11.6 Å². The zero-order valence-corrected chi connectivity index (χ0v) is 12.6. The van der Waals surface area contributed by atoms with Crippen LogP contribution in [0.1, 0.15) is 5.56 Å². The monoisotopic (exact) mass is 305 g/mol. The van der Waals surface area contributed by atoms with E-state index >= 15 is 0 Å². The number of hydrogen-bond donors (Lipinski definition) is 1. The van der Waals surface area contributed by atoms with Crippen LogP contribution in [0, 0.1) is 0 Å². The van der Waals surface area contributed by atoms with Crippen molar-refractivity contribution < 1.29 is 4.79 Å². The Labute approximate surface area is 128 Å². The first-order chi connectivity index (χ1) is 9.74. The van der Waals surface area contributed by atoms with E-state index in [0.717, 1.165) is 21.2 Å². The molecule has 2 aromatic rings. The number of amides is 1. The molecule has 0 atom stereocenters. The van der Waals surface area contributed by atoms with Gasteiger partial charge < -0.3 is 5.32 Å². The lowest BCUT2D eigenvalue weighted by atomic mass is 10.1. The molecule has 2 rings (SSSR count). The van der Waals surface area contributed by atoms with Crippen LogP contribution in [0.4, 0.5) is 0 Å². The van der Waals surface area contributed by atoms with Gasteiger partial charge in [-0.1, -0.05) is 41.9 Å². The van der Waals surface area contributed by atoms with Crippen molar-refractivity contribution in [3.05, 3.63) is 65.2 Å². The average molecular weight is 306 g/mol. The maximum Gasteiger partial charge on any atom is 0.224 e. The van der Waals surface area contributed by atoms with Crippen molar-refractivity contribution in [1.82, 2.24) is 5.32 Å². The third-order valence-corrected chi connectivity index (χ3v) is 3.98. The third-order valence-electron chi connectivity index (χ3n) is 2.71. The predicted octanol–water partition coefficient (Wildman–Crippen LogP) is 3.79. The summed E-state index contributed by atoms with van der Waals surface area (Å²) in [7, 11) is 0. The summed E-state index contributed by atoms with van der Waals surface area (Å²) in [6.07, 6.45) is 0.437. The van der Waals surface area contributed by atoms with E-state index in [1.165, 1.54) is 0 Å². The lowest BCUT2D eigenvalue weighted by Crippen LogP contribution is -2.27. The molecule has 0 fully saturated rings. The number of halogens is 1. The molecule has 0 aliphatic rings. The minimum atomic E-state index is 0.0629. The van der Waals surface area contributed by atoms with Crippen LogP contribution in [0.2, 0.25) is 5.02 Å². The van der Waals surface area contributed by atoms with Gasteiger partial charge in [0.1, 0.15) is 0 Å². The Bertz CT molecular complexity index is 542. The first-order valence-corrected chi connectivity index (χ1v) is 7.79. The maximum atomic E-state index is 11.7. The van der Waals surface area contributed by atoms with Gasteiger partial charge in [-0.25, -0.2) is 0 Å². The van der Waals surface area contributed by atoms with Crippen LogP contribution in [0.5, 0.6) is 0 Å². The molecule has 104 valence electrons. The predicted molar refractivity (Wildman–Crippen MR) is 85.3 cm³/mol. The largest absolute Gasteiger partial charge is 0.355 e. The average Bonchev–Trinajstić information content (AvgIpc) is 2.46. The molecule has 0 unspecified atom stereocenters. The fourth-order valence-corrected chi connectivity index (χ4v) is 2.63. The van der Waals surface area contributed by atoms with Gasteiger partial charge in [0.05, 0.1) is 6.42 Å². The topological polar surface area (TPSA) is 29.1 Å². The Morgan fingerprint density at radius 3 is 2.45 bits per heavy atom. The lowest BCUT2D eigenvalue weighted by molar-refractivity contribution is -0.120. The van der Waals surface area contributed by atoms with Gasteiger partial charge >= 0.3 is 0 Å². The zero-order valence-electron chi connectivity index (χ0n) is 11.0. The van der Waals surface area contributed by atoms with E-state index in [-0.39, 0.29) is 5.91 Å². The Morgan fingerprint density at radius 2 is 1.75 bits per heavy atom. The molecule has 0 aliphatic carbocycles. The molecule has 0 spiro atoms. The van der Waals surface area contributed by atoms with Crippen molar-refractivity contribution in [2.75, 3.05) is 12.3 Å². The summed E-state index contributed by atoms with van der Waals surface area (Å²) >= 11 is 7.53. The zero-order chi connectivity index (χ0) is 14.2. The van der Waals surface area contributed by atoms with Crippen LogP contribution < -0.4 is 5.32 Å². The molecular formula is C16H16ClNOS. The molecule has 4 heteroatoms. The highest BCUT2D eigenvalue weighted by Gasteiger charge is 2.02. The molecule has 20 heavy (non-hydrogen) atoms. The van der Waals surface area contributed by atoms with E-state index in [2.05, 4.69) is 5.32 Å². The Hall–Kier alpha value is -1.45. The van der Waals surface area contributed by atoms with Gasteiger partial charge in [0.2, 0.25) is 5.91 Å². The quantitative estimate of drug-likeness (QED) is 0.650. The Kier molecular flexibility index (Phi) is 5.96. The highest BCUT2D eigenvalue weighted by atomic mass is 35.5. The molecule has 0 saturated carbocycles. The van der Waals surface area contributed by atoms with Crippen molar-refractivity contribution in [3.8, 4) is 0 Å². The van der Waals surface area contributed by atoms with E-state index in [0.29, 0.717) is 13.0 Å². The molecule has 0 heterocycles. The first-order valence-electron chi connectivity index (χ1n) is 6.43. The molecule has 0 aliphatic heterocycles. The van der Waals surface area contributed by atoms with Crippen LogP contribution in [0.3, 0.4) is 0 Å². The Morgan fingerprint density at radius 1 is 1.05 bits per heavy atom. The minimum Gasteiger partial charge on any atom is -0.355 e. The summed E-state index contributed by atoms with van der Waals surface area (Å²) in [5.41, 5.74) is 1.04. The smallest absolute Gasteiger partial charge is 0.224 e. The third kappa shape index (κ3) is 5.27. The normalized spacial score (nSPS) is 10.2. The maximum absolute atomic E-state index is 11.7.